The number of esters is 2. The van der Waals surface area contributed by atoms with Crippen molar-refractivity contribution in [3.8, 4) is 0 Å². The Morgan fingerprint density at radius 1 is 0.364 bits per heavy atom. The van der Waals surface area contributed by atoms with Crippen LogP contribution in [0.1, 0.15) is 226 Å². The minimum atomic E-state index is -5.08. The van der Waals surface area contributed by atoms with Crippen molar-refractivity contribution in [3.63, 3.8) is 0 Å². The van der Waals surface area contributed by atoms with Crippen LogP contribution in [-0.2, 0) is 274 Å². The van der Waals surface area contributed by atoms with E-state index in [-0.39, 0.29) is 25.8 Å². The first-order chi connectivity index (χ1) is 54.0. The van der Waals surface area contributed by atoms with Crippen LogP contribution >= 0.6 is 7.82 Å². The highest BCUT2D eigenvalue weighted by Crippen LogP contribution is 2.38. The number of nitrogens with zero attached hydrogens (tertiary/aromatic N) is 1. The van der Waals surface area contributed by atoms with Gasteiger partial charge in [-0.1, -0.05) is 199 Å². The molecule has 2 N–H and O–H groups in total. The quantitative estimate of drug-likeness (QED) is 0.0148. The van der Waals surface area contributed by atoms with Crippen molar-refractivity contribution in [1.29, 1.82) is 0 Å². The number of phosphoric ester groups is 1. The number of imide groups is 1. The fraction of sp³-hybridized carbons (Fsp3) is 0.837. The van der Waals surface area contributed by atoms with E-state index in [1.807, 2.05) is 5.32 Å². The molecule has 0 spiro atoms. The van der Waals surface area contributed by atoms with Crippen molar-refractivity contribution >= 4 is 43.6 Å². The SMILES string of the molecule is CCCCCCCCCCCCCCCCCC(=O)OC[C@H](COP(=O)([O-])OCCNC(=O)OOOOOOOOOOOOOOOOOOOOOOOOOOOOOOOOOOOOOOOOOOOOONC(=O)CCN1C(=O)C=CC1=O)OC(=O)CCCCCCCCCCCCCCCCC. The average molecular weight is 1660 g/mol. The molecule has 0 saturated carbocycles. The standard InChI is InChI=1S/C49H88N3O57P/c1-3-5-7-9-11-13-15-17-19-21-23-25-27-29-31-33-47(56)61-41-43(64-48(57)34-32-30-28-26-24-22-20-18-16-14-12-10-8-6-4-2)42-63-110(59,60)62-40-38-50-49(58)65-67-69-71-73-75-77-79-81-83-85-87-89-91-93-95-97-99-101-103-105-107-109-108-106-104-102-100-98-96-94-92-90-88-86-84-82-80-78-76-74-72-70-68-66-51-44(53)37-39-52-45(54)35-36-46(52)55/h35-36,43H,3-34,37-42H2,1-2H3,(H,50,58)(H,51,53)(H,59,60)/p-1/t43-/m1/s1. The third-order valence-corrected chi connectivity index (χ3v) is 13.6. The van der Waals surface area contributed by atoms with Crippen LogP contribution < -0.4 is 15.7 Å². The Bertz CT molecular complexity index is 2180. The molecule has 4 amide bonds. The summed E-state index contributed by atoms with van der Waals surface area (Å²) in [6.07, 6.45) is 34.1. The molecule has 110 heavy (non-hydrogen) atoms. The first kappa shape index (κ1) is 103. The average Bonchev–Trinajstić information content (AvgIpc) is 1.75. The monoisotopic (exact) mass is 1660 g/mol. The van der Waals surface area contributed by atoms with Crippen LogP contribution in [0.25, 0.3) is 0 Å². The maximum absolute atomic E-state index is 12.8. The van der Waals surface area contributed by atoms with Gasteiger partial charge in [-0.25, -0.2) is 9.68 Å². The maximum Gasteiger partial charge on any atom is 0.442 e. The third-order valence-electron chi connectivity index (χ3n) is 12.7. The lowest BCUT2D eigenvalue weighted by atomic mass is 10.0. The molecule has 1 aliphatic rings. The number of hydrogen-bond acceptors (Lipinski definition) is 57. The summed E-state index contributed by atoms with van der Waals surface area (Å²) in [6.45, 7) is 1.82. The Morgan fingerprint density at radius 2 is 0.645 bits per heavy atom. The number of hydroxylamine groups is 1. The molecule has 0 radical (unpaired) electrons. The van der Waals surface area contributed by atoms with Gasteiger partial charge in [0.1, 0.15) is 6.61 Å². The largest absolute Gasteiger partial charge is 0.756 e. The number of unbranched alkanes of at least 4 members (excludes halogenated alkanes) is 28. The molecule has 0 aromatic carbocycles. The van der Waals surface area contributed by atoms with E-state index in [0.29, 0.717) is 12.8 Å². The summed E-state index contributed by atoms with van der Waals surface area (Å²) < 4.78 is 33.1. The molecule has 0 aromatic heterocycles. The molecule has 0 aromatic rings. The molecule has 0 fully saturated rings. The summed E-state index contributed by atoms with van der Waals surface area (Å²) in [5.41, 5.74) is 1.66. The molecule has 646 valence electrons. The van der Waals surface area contributed by atoms with E-state index < -0.39 is 76.0 Å². The van der Waals surface area contributed by atoms with Crippen LogP contribution in [-0.4, -0.2) is 79.7 Å². The zero-order valence-corrected chi connectivity index (χ0v) is 59.7. The molecule has 1 aliphatic heterocycles. The molecule has 2 atom stereocenters. The third kappa shape index (κ3) is 75.6. The summed E-state index contributed by atoms with van der Waals surface area (Å²) >= 11 is 0. The van der Waals surface area contributed by atoms with Gasteiger partial charge in [-0.05, 0) is 53.1 Å². The Hall–Kier alpha value is -5.09. The lowest BCUT2D eigenvalue weighted by molar-refractivity contribution is -0.909. The highest BCUT2D eigenvalue weighted by molar-refractivity contribution is 7.45. The molecule has 1 unspecified atom stereocenters. The van der Waals surface area contributed by atoms with Crippen molar-refractivity contribution in [2.45, 2.75) is 232 Å². The zero-order valence-electron chi connectivity index (χ0n) is 58.8. The van der Waals surface area contributed by atoms with Crippen molar-refractivity contribution in [3.05, 3.63) is 12.2 Å². The Kier molecular flexibility index (Phi) is 76.6. The first-order valence-corrected chi connectivity index (χ1v) is 34.5. The summed E-state index contributed by atoms with van der Waals surface area (Å²) in [6, 6.07) is 0. The summed E-state index contributed by atoms with van der Waals surface area (Å²) in [5, 5.41) is 156. The van der Waals surface area contributed by atoms with Crippen LogP contribution in [0, 0.1) is 0 Å². The number of amides is 4. The fourth-order valence-corrected chi connectivity index (χ4v) is 8.69. The van der Waals surface area contributed by atoms with E-state index in [1.54, 1.807) is 5.48 Å². The Labute approximate surface area is 618 Å². The Morgan fingerprint density at radius 3 is 0.964 bits per heavy atom. The zero-order chi connectivity index (χ0) is 79.5. The number of carbonyl (C=O) groups is 6. The number of carbonyl (C=O) groups excluding carboxylic acids is 6. The lowest BCUT2D eigenvalue weighted by Crippen LogP contribution is -2.34. The predicted octanol–water partition coefficient (Wildman–Crippen LogP) is 7.53. The van der Waals surface area contributed by atoms with Crippen LogP contribution in [0.15, 0.2) is 12.2 Å². The molecular weight excluding hydrogens is 1570 g/mol. The molecule has 0 bridgehead atoms. The molecule has 0 saturated heterocycles. The van der Waals surface area contributed by atoms with Crippen LogP contribution in [0.4, 0.5) is 4.79 Å². The van der Waals surface area contributed by atoms with Crippen molar-refractivity contribution < 1.29 is 283 Å². The van der Waals surface area contributed by atoms with Gasteiger partial charge in [0.25, 0.3) is 19.6 Å². The van der Waals surface area contributed by atoms with Gasteiger partial charge < -0.3 is 28.7 Å². The van der Waals surface area contributed by atoms with E-state index in [9.17, 15) is 38.2 Å². The first-order valence-electron chi connectivity index (χ1n) is 33.0. The van der Waals surface area contributed by atoms with Gasteiger partial charge in [-0.2, -0.15) is 5.48 Å². The van der Waals surface area contributed by atoms with E-state index in [4.69, 9.17) is 18.5 Å². The van der Waals surface area contributed by atoms with E-state index in [1.165, 1.54) is 128 Å². The molecule has 61 heteroatoms. The predicted molar refractivity (Wildman–Crippen MR) is 300 cm³/mol. The number of hydrogen-bond donors (Lipinski definition) is 2. The molecule has 1 heterocycles. The van der Waals surface area contributed by atoms with E-state index >= 15 is 0 Å². The van der Waals surface area contributed by atoms with Crippen LogP contribution in [0.5, 0.6) is 0 Å². The second-order valence-corrected chi connectivity index (χ2v) is 21.9. The lowest BCUT2D eigenvalue weighted by Gasteiger charge is -2.25. The summed E-state index contributed by atoms with van der Waals surface area (Å²) in [7, 11) is -5.08. The van der Waals surface area contributed by atoms with E-state index in [2.05, 4.69) is 240 Å². The van der Waals surface area contributed by atoms with E-state index in [0.717, 1.165) is 68.4 Å². The molecule has 60 nitrogen and oxygen atoms in total. The minimum Gasteiger partial charge on any atom is -0.756 e. The van der Waals surface area contributed by atoms with Gasteiger partial charge in [0.15, 0.2) is 6.10 Å². The minimum absolute atomic E-state index is 0.0713. The van der Waals surface area contributed by atoms with Crippen LogP contribution in [0.2, 0.25) is 0 Å². The normalized spacial score (nSPS) is 13.0. The maximum atomic E-state index is 12.8. The second-order valence-electron chi connectivity index (χ2n) is 20.5. The van der Waals surface area contributed by atoms with Gasteiger partial charge in [0, 0.05) is 221 Å². The fourth-order valence-electron chi connectivity index (χ4n) is 7.96. The summed E-state index contributed by atoms with van der Waals surface area (Å²) in [4.78, 5) is 92.8. The van der Waals surface area contributed by atoms with Gasteiger partial charge in [-0.15, -0.1) is 0 Å². The van der Waals surface area contributed by atoms with Gasteiger partial charge >= 0.3 is 18.0 Å². The number of phosphoric acid groups is 1. The van der Waals surface area contributed by atoms with Gasteiger partial charge in [0.05, 0.1) is 13.2 Å². The van der Waals surface area contributed by atoms with Crippen LogP contribution in [0.3, 0.4) is 0 Å². The van der Waals surface area contributed by atoms with Crippen molar-refractivity contribution in [2.24, 2.45) is 0 Å². The molecular formula is C49H87N3O57P-. The highest BCUT2D eigenvalue weighted by atomic mass is 31.2. The summed E-state index contributed by atoms with van der Waals surface area (Å²) in [5.74, 6) is -3.19. The smallest absolute Gasteiger partial charge is 0.442 e. The second kappa shape index (κ2) is 81.9. The number of rotatable bonds is 90. The molecule has 0 aliphatic carbocycles. The van der Waals surface area contributed by atoms with Crippen molar-refractivity contribution in [2.75, 3.05) is 32.9 Å². The topological polar surface area (TPSA) is 622 Å². The number of ether oxygens (including phenoxy) is 2. The van der Waals surface area contributed by atoms with Gasteiger partial charge in [0.2, 0.25) is 5.91 Å². The van der Waals surface area contributed by atoms with Crippen molar-refractivity contribution in [1.82, 2.24) is 15.7 Å². The highest BCUT2D eigenvalue weighted by Gasteiger charge is 2.25. The molecule has 1 rings (SSSR count). The Balaban J connectivity index is 1.95. The van der Waals surface area contributed by atoms with Gasteiger partial charge in [-0.3, -0.25) is 33.4 Å². The number of nitrogens with one attached hydrogen (secondary N) is 2.